The van der Waals surface area contributed by atoms with E-state index in [4.69, 9.17) is 14.5 Å². The molecule has 1 aromatic rings. The highest BCUT2D eigenvalue weighted by Crippen LogP contribution is 2.55. The van der Waals surface area contributed by atoms with Crippen molar-refractivity contribution in [3.8, 4) is 0 Å². The number of carbonyl (C=O) groups excluding carboxylic acids is 2. The zero-order chi connectivity index (χ0) is 25.4. The maximum atomic E-state index is 13.5. The normalized spacial score (nSPS) is 32.4. The highest BCUT2D eigenvalue weighted by molar-refractivity contribution is 6.16. The Morgan fingerprint density at radius 3 is 2.51 bits per heavy atom. The Balaban J connectivity index is 1.45. The Morgan fingerprint density at radius 1 is 1.23 bits per heavy atom. The molecule has 5 aliphatic rings. The lowest BCUT2D eigenvalue weighted by atomic mass is 9.71. The van der Waals surface area contributed by atoms with Gasteiger partial charge in [-0.25, -0.2) is 9.78 Å². The minimum Gasteiger partial charge on any atom is -0.444 e. The van der Waals surface area contributed by atoms with Gasteiger partial charge in [0.2, 0.25) is 0 Å². The van der Waals surface area contributed by atoms with Crippen LogP contribution in [-0.2, 0) is 26.0 Å². The highest BCUT2D eigenvalue weighted by Gasteiger charge is 2.57. The van der Waals surface area contributed by atoms with Gasteiger partial charge in [0.1, 0.15) is 28.3 Å². The van der Waals surface area contributed by atoms with Crippen LogP contribution in [0.4, 0.5) is 18.0 Å². The summed E-state index contributed by atoms with van der Waals surface area (Å²) in [5.41, 5.74) is -3.09. The van der Waals surface area contributed by atoms with Crippen molar-refractivity contribution in [2.45, 2.75) is 82.3 Å². The summed E-state index contributed by atoms with van der Waals surface area (Å²) in [6.45, 7) is 7.95. The van der Waals surface area contributed by atoms with Crippen LogP contribution < -0.4 is 5.32 Å². The van der Waals surface area contributed by atoms with Crippen LogP contribution >= 0.6 is 0 Å². The van der Waals surface area contributed by atoms with Crippen LogP contribution in [0.25, 0.3) is 0 Å². The van der Waals surface area contributed by atoms with Gasteiger partial charge in [0.05, 0.1) is 12.3 Å². The van der Waals surface area contributed by atoms with E-state index in [9.17, 15) is 22.8 Å². The van der Waals surface area contributed by atoms with E-state index in [1.807, 2.05) is 6.92 Å². The molecule has 1 aliphatic carbocycles. The average Bonchev–Trinajstić information content (AvgIpc) is 3.40. The van der Waals surface area contributed by atoms with Crippen LogP contribution in [0.15, 0.2) is 17.1 Å². The molecule has 4 fully saturated rings. The van der Waals surface area contributed by atoms with Crippen molar-refractivity contribution in [2.75, 3.05) is 13.2 Å². The number of ether oxygens (including phenoxy) is 2. The number of halogens is 3. The van der Waals surface area contributed by atoms with Gasteiger partial charge in [-0.05, 0) is 65.0 Å². The predicted octanol–water partition coefficient (Wildman–Crippen LogP) is 3.77. The molecule has 190 valence electrons. The number of amidine groups is 1. The first-order chi connectivity index (χ1) is 16.2. The second-order valence-corrected chi connectivity index (χ2v) is 11.1. The third-order valence-electron chi connectivity index (χ3n) is 7.24. The number of aliphatic imine (C=N–C) groups is 1. The first-order valence-electron chi connectivity index (χ1n) is 11.9. The second kappa shape index (κ2) is 7.65. The van der Waals surface area contributed by atoms with Crippen LogP contribution in [0, 0.1) is 5.92 Å². The van der Waals surface area contributed by atoms with Gasteiger partial charge in [0.15, 0.2) is 0 Å². The Kier molecular flexibility index (Phi) is 5.25. The number of hydrogen-bond donors (Lipinski definition) is 1. The van der Waals surface area contributed by atoms with E-state index < -0.39 is 34.7 Å². The summed E-state index contributed by atoms with van der Waals surface area (Å²) >= 11 is 0. The molecule has 0 aromatic carbocycles. The van der Waals surface area contributed by atoms with Gasteiger partial charge in [-0.3, -0.25) is 9.79 Å². The number of carbonyl (C=O) groups is 2. The fourth-order valence-corrected chi connectivity index (χ4v) is 5.57. The number of aromatic nitrogens is 1. The van der Waals surface area contributed by atoms with Gasteiger partial charge in [-0.15, -0.1) is 0 Å². The number of piperidine rings is 1. The molecule has 3 saturated heterocycles. The van der Waals surface area contributed by atoms with Crippen molar-refractivity contribution in [1.29, 1.82) is 0 Å². The zero-order valence-electron chi connectivity index (χ0n) is 20.2. The van der Waals surface area contributed by atoms with Crippen molar-refractivity contribution in [2.24, 2.45) is 10.9 Å². The molecular formula is C24H29F3N4O4. The molecule has 0 unspecified atom stereocenters. The maximum Gasteiger partial charge on any atom is 0.433 e. The minimum absolute atomic E-state index is 0.177. The standard InChI is InChI=1S/C24H29F3N4O4/c1-13-9-22(7-8-31(13)20(33)35-21(2,3)4)19(32)29-18(30-22)15-5-6-16(24(25,26)27)28-17(15)23-10-14(11-23)12-34-23/h5-6,13-14H,7-12H2,1-4H3,(H,29,30,32)/t13-,14?,22+,23?/m0/s1. The summed E-state index contributed by atoms with van der Waals surface area (Å²) in [7, 11) is 0. The largest absolute Gasteiger partial charge is 0.444 e. The average molecular weight is 495 g/mol. The van der Waals surface area contributed by atoms with E-state index in [1.54, 1.807) is 25.7 Å². The van der Waals surface area contributed by atoms with E-state index >= 15 is 0 Å². The minimum atomic E-state index is -4.60. The molecule has 35 heavy (non-hydrogen) atoms. The van der Waals surface area contributed by atoms with Crippen molar-refractivity contribution in [3.05, 3.63) is 29.1 Å². The van der Waals surface area contributed by atoms with Gasteiger partial charge in [0.25, 0.3) is 5.91 Å². The van der Waals surface area contributed by atoms with E-state index in [1.165, 1.54) is 6.07 Å². The fourth-order valence-electron chi connectivity index (χ4n) is 5.57. The van der Waals surface area contributed by atoms with Crippen LogP contribution in [-0.4, -0.2) is 58.1 Å². The van der Waals surface area contributed by atoms with Crippen LogP contribution in [0.1, 0.15) is 70.3 Å². The number of nitrogens with one attached hydrogen (secondary N) is 1. The van der Waals surface area contributed by atoms with Crippen molar-refractivity contribution in [3.63, 3.8) is 0 Å². The van der Waals surface area contributed by atoms with Crippen molar-refractivity contribution in [1.82, 2.24) is 15.2 Å². The highest BCUT2D eigenvalue weighted by atomic mass is 19.4. The molecule has 1 N–H and O–H groups in total. The zero-order valence-corrected chi connectivity index (χ0v) is 20.2. The fraction of sp³-hybridized carbons (Fsp3) is 0.667. The maximum absolute atomic E-state index is 13.5. The van der Waals surface area contributed by atoms with Gasteiger partial charge in [-0.1, -0.05) is 0 Å². The summed E-state index contributed by atoms with van der Waals surface area (Å²) in [5.74, 6) is 0.187. The van der Waals surface area contributed by atoms with Gasteiger partial charge in [0, 0.05) is 24.6 Å². The number of nitrogens with zero attached hydrogens (tertiary/aromatic N) is 3. The molecule has 1 aromatic heterocycles. The number of hydrogen-bond acceptors (Lipinski definition) is 6. The smallest absolute Gasteiger partial charge is 0.433 e. The van der Waals surface area contributed by atoms with Crippen LogP contribution in [0.3, 0.4) is 0 Å². The Hall–Kier alpha value is -2.69. The molecule has 2 atom stereocenters. The Morgan fingerprint density at radius 2 is 1.94 bits per heavy atom. The molecule has 6 rings (SSSR count). The first kappa shape index (κ1) is 24.0. The monoisotopic (exact) mass is 494 g/mol. The topological polar surface area (TPSA) is 93.1 Å². The lowest BCUT2D eigenvalue weighted by Crippen LogP contribution is -2.55. The SMILES string of the molecule is C[C@H]1C[C@@]2(CCN1C(=O)OC(C)(C)C)N=C(c1ccc(C(F)(F)F)nc1C13CC(CO1)C3)NC2=O. The summed E-state index contributed by atoms with van der Waals surface area (Å²) in [4.78, 5) is 36.0. The third kappa shape index (κ3) is 4.07. The molecule has 1 spiro atoms. The van der Waals surface area contributed by atoms with E-state index in [0.29, 0.717) is 30.9 Å². The van der Waals surface area contributed by atoms with E-state index in [0.717, 1.165) is 6.07 Å². The van der Waals surface area contributed by atoms with E-state index in [-0.39, 0.29) is 42.9 Å². The number of fused-ring (bicyclic) bond motifs is 1. The quantitative estimate of drug-likeness (QED) is 0.676. The van der Waals surface area contributed by atoms with Gasteiger partial charge in [-0.2, -0.15) is 13.2 Å². The summed E-state index contributed by atoms with van der Waals surface area (Å²) in [5, 5.41) is 2.79. The number of alkyl halides is 3. The predicted molar refractivity (Wildman–Crippen MR) is 119 cm³/mol. The number of pyridine rings is 1. The molecule has 4 aliphatic heterocycles. The summed E-state index contributed by atoms with van der Waals surface area (Å²) in [6.07, 6.45) is -3.30. The molecule has 0 radical (unpaired) electrons. The molecule has 8 nitrogen and oxygen atoms in total. The third-order valence-corrected chi connectivity index (χ3v) is 7.24. The number of likely N-dealkylation sites (tertiary alicyclic amines) is 1. The molecule has 2 amide bonds. The summed E-state index contributed by atoms with van der Waals surface area (Å²) < 4.78 is 51.7. The molecule has 11 heteroatoms. The van der Waals surface area contributed by atoms with Crippen molar-refractivity contribution < 1.29 is 32.2 Å². The molecule has 1 saturated carbocycles. The van der Waals surface area contributed by atoms with Crippen LogP contribution in [0.5, 0.6) is 0 Å². The second-order valence-electron chi connectivity index (χ2n) is 11.1. The number of rotatable bonds is 2. The first-order valence-corrected chi connectivity index (χ1v) is 11.9. The van der Waals surface area contributed by atoms with Crippen LogP contribution in [0.2, 0.25) is 0 Å². The Bertz CT molecular complexity index is 1100. The van der Waals surface area contributed by atoms with E-state index in [2.05, 4.69) is 10.3 Å². The molecule has 5 heterocycles. The van der Waals surface area contributed by atoms with Gasteiger partial charge >= 0.3 is 12.3 Å². The Labute approximate surface area is 201 Å². The molecular weight excluding hydrogens is 465 g/mol. The molecule has 2 bridgehead atoms. The lowest BCUT2D eigenvalue weighted by Gasteiger charge is -2.40. The number of amides is 2. The lowest BCUT2D eigenvalue weighted by molar-refractivity contribution is -0.141. The van der Waals surface area contributed by atoms with Crippen molar-refractivity contribution >= 4 is 17.8 Å². The van der Waals surface area contributed by atoms with Gasteiger partial charge < -0.3 is 19.7 Å². The summed E-state index contributed by atoms with van der Waals surface area (Å²) in [6, 6.07) is 1.92.